The molecule has 4 aromatic rings. The van der Waals surface area contributed by atoms with Crippen LogP contribution in [0.3, 0.4) is 0 Å². The molecule has 0 bridgehead atoms. The van der Waals surface area contributed by atoms with Gasteiger partial charge in [0.2, 0.25) is 6.79 Å². The van der Waals surface area contributed by atoms with Crippen molar-refractivity contribution in [3.05, 3.63) is 89.6 Å². The highest BCUT2D eigenvalue weighted by atomic mass is 16.7. The summed E-state index contributed by atoms with van der Waals surface area (Å²) in [7, 11) is 0. The van der Waals surface area contributed by atoms with Gasteiger partial charge in [0.05, 0.1) is 0 Å². The molecule has 0 unspecified atom stereocenters. The highest BCUT2D eigenvalue weighted by Crippen LogP contribution is 2.47. The van der Waals surface area contributed by atoms with E-state index < -0.39 is 5.41 Å². The molecule has 27 heavy (non-hydrogen) atoms. The minimum absolute atomic E-state index is 0.235. The van der Waals surface area contributed by atoms with E-state index in [1.807, 2.05) is 54.7 Å². The van der Waals surface area contributed by atoms with Gasteiger partial charge in [-0.15, -0.1) is 0 Å². The summed E-state index contributed by atoms with van der Waals surface area (Å²) < 4.78 is 11.1. The van der Waals surface area contributed by atoms with Crippen LogP contribution in [0.2, 0.25) is 0 Å². The zero-order chi connectivity index (χ0) is 18.4. The zero-order valence-electron chi connectivity index (χ0n) is 14.9. The SMILES string of the molecule is C[C@@](c1ccc2c(c1)OCO2)(c1ccccc1O)c1c[nH]c2ccccc12. The number of aromatic amines is 1. The number of hydrogen-bond donors (Lipinski definition) is 2. The number of phenolic OH excluding ortho intramolecular Hbond substituents is 1. The van der Waals surface area contributed by atoms with Gasteiger partial charge in [-0.05, 0) is 42.3 Å². The van der Waals surface area contributed by atoms with Crippen molar-refractivity contribution in [3.8, 4) is 17.2 Å². The molecule has 0 saturated heterocycles. The van der Waals surface area contributed by atoms with Crippen molar-refractivity contribution in [1.82, 2.24) is 4.98 Å². The van der Waals surface area contributed by atoms with Crippen LogP contribution in [0.25, 0.3) is 10.9 Å². The minimum Gasteiger partial charge on any atom is -0.508 e. The van der Waals surface area contributed by atoms with E-state index in [0.717, 1.165) is 39.1 Å². The second kappa shape index (κ2) is 5.81. The summed E-state index contributed by atoms with van der Waals surface area (Å²) in [6.45, 7) is 2.37. The average molecular weight is 357 g/mol. The van der Waals surface area contributed by atoms with Crippen LogP contribution < -0.4 is 9.47 Å². The van der Waals surface area contributed by atoms with Crippen molar-refractivity contribution in [2.75, 3.05) is 6.79 Å². The van der Waals surface area contributed by atoms with Crippen molar-refractivity contribution >= 4 is 10.9 Å². The van der Waals surface area contributed by atoms with Crippen LogP contribution in [0.5, 0.6) is 17.2 Å². The first-order valence-electron chi connectivity index (χ1n) is 8.93. The normalized spacial score (nSPS) is 15.0. The van der Waals surface area contributed by atoms with Gasteiger partial charge in [-0.3, -0.25) is 0 Å². The Bertz CT molecular complexity index is 1150. The van der Waals surface area contributed by atoms with Gasteiger partial charge in [-0.1, -0.05) is 42.5 Å². The molecule has 1 atom stereocenters. The highest BCUT2D eigenvalue weighted by molar-refractivity contribution is 5.86. The number of aromatic hydroxyl groups is 1. The summed E-state index contributed by atoms with van der Waals surface area (Å²) in [4.78, 5) is 3.37. The maximum atomic E-state index is 10.7. The molecule has 1 aromatic heterocycles. The summed E-state index contributed by atoms with van der Waals surface area (Å²) in [5, 5.41) is 11.8. The molecule has 0 saturated carbocycles. The maximum absolute atomic E-state index is 10.7. The van der Waals surface area contributed by atoms with Crippen LogP contribution in [0, 0.1) is 0 Å². The predicted molar refractivity (Wildman–Crippen MR) is 105 cm³/mol. The number of hydrogen-bond acceptors (Lipinski definition) is 3. The van der Waals surface area contributed by atoms with E-state index in [0.29, 0.717) is 0 Å². The first-order valence-corrected chi connectivity index (χ1v) is 8.93. The standard InChI is InChI=1S/C23H19NO3/c1-23(17-7-3-5-9-20(17)25,15-10-11-21-22(12-15)27-14-26-21)18-13-24-19-8-4-2-6-16(18)19/h2-13,24-25H,14H2,1H3/t23-/m1/s1. The largest absolute Gasteiger partial charge is 0.508 e. The Balaban J connectivity index is 1.82. The van der Waals surface area contributed by atoms with Crippen molar-refractivity contribution in [2.24, 2.45) is 0 Å². The van der Waals surface area contributed by atoms with Gasteiger partial charge in [0.1, 0.15) is 5.75 Å². The molecule has 2 heterocycles. The van der Waals surface area contributed by atoms with E-state index in [-0.39, 0.29) is 12.5 Å². The molecule has 0 aliphatic carbocycles. The molecule has 0 radical (unpaired) electrons. The Morgan fingerprint density at radius 3 is 2.56 bits per heavy atom. The third kappa shape index (κ3) is 2.30. The Kier molecular flexibility index (Phi) is 3.41. The summed E-state index contributed by atoms with van der Waals surface area (Å²) in [6.07, 6.45) is 2.03. The molecule has 2 N–H and O–H groups in total. The summed E-state index contributed by atoms with van der Waals surface area (Å²) in [5.74, 6) is 1.74. The average Bonchev–Trinajstić information content (AvgIpc) is 3.34. The number of para-hydroxylation sites is 2. The van der Waals surface area contributed by atoms with E-state index in [9.17, 15) is 5.11 Å². The van der Waals surface area contributed by atoms with Crippen LogP contribution >= 0.6 is 0 Å². The number of phenols is 1. The van der Waals surface area contributed by atoms with Gasteiger partial charge in [-0.2, -0.15) is 0 Å². The lowest BCUT2D eigenvalue weighted by molar-refractivity contribution is 0.174. The van der Waals surface area contributed by atoms with Gasteiger partial charge in [0.15, 0.2) is 11.5 Å². The first kappa shape index (κ1) is 15.8. The lowest BCUT2D eigenvalue weighted by Crippen LogP contribution is -2.25. The predicted octanol–water partition coefficient (Wildman–Crippen LogP) is 4.96. The van der Waals surface area contributed by atoms with Gasteiger partial charge in [-0.25, -0.2) is 0 Å². The van der Waals surface area contributed by atoms with Gasteiger partial charge < -0.3 is 19.6 Å². The smallest absolute Gasteiger partial charge is 0.231 e. The molecule has 134 valence electrons. The van der Waals surface area contributed by atoms with Crippen molar-refractivity contribution < 1.29 is 14.6 Å². The third-order valence-corrected chi connectivity index (χ3v) is 5.52. The van der Waals surface area contributed by atoms with Crippen LogP contribution in [0.1, 0.15) is 23.6 Å². The van der Waals surface area contributed by atoms with Crippen LogP contribution in [0.4, 0.5) is 0 Å². The summed E-state index contributed by atoms with van der Waals surface area (Å²) in [5.41, 5.74) is 3.45. The van der Waals surface area contributed by atoms with Crippen LogP contribution in [-0.4, -0.2) is 16.9 Å². The van der Waals surface area contributed by atoms with E-state index in [1.54, 1.807) is 6.07 Å². The van der Waals surface area contributed by atoms with E-state index in [4.69, 9.17) is 9.47 Å². The van der Waals surface area contributed by atoms with Gasteiger partial charge in [0.25, 0.3) is 0 Å². The molecule has 0 fully saturated rings. The molecule has 0 spiro atoms. The number of nitrogens with one attached hydrogen (secondary N) is 1. The lowest BCUT2D eigenvalue weighted by atomic mass is 9.70. The molecule has 3 aromatic carbocycles. The number of H-pyrrole nitrogens is 1. The second-order valence-corrected chi connectivity index (χ2v) is 6.96. The minimum atomic E-state index is -0.577. The third-order valence-electron chi connectivity index (χ3n) is 5.52. The van der Waals surface area contributed by atoms with Crippen molar-refractivity contribution in [2.45, 2.75) is 12.3 Å². The number of benzene rings is 3. The molecule has 1 aliphatic heterocycles. The Morgan fingerprint density at radius 1 is 0.889 bits per heavy atom. The van der Waals surface area contributed by atoms with E-state index in [2.05, 4.69) is 24.0 Å². The molecule has 0 amide bonds. The number of ether oxygens (including phenoxy) is 2. The molecule has 4 heteroatoms. The molecular weight excluding hydrogens is 338 g/mol. The number of rotatable bonds is 3. The molecule has 4 nitrogen and oxygen atoms in total. The topological polar surface area (TPSA) is 54.5 Å². The summed E-state index contributed by atoms with van der Waals surface area (Å²) >= 11 is 0. The van der Waals surface area contributed by atoms with Gasteiger partial charge in [0, 0.05) is 28.1 Å². The second-order valence-electron chi connectivity index (χ2n) is 6.96. The fourth-order valence-electron chi connectivity index (χ4n) is 4.05. The Morgan fingerprint density at radius 2 is 1.67 bits per heavy atom. The van der Waals surface area contributed by atoms with Crippen molar-refractivity contribution in [1.29, 1.82) is 0 Å². The highest BCUT2D eigenvalue weighted by Gasteiger charge is 2.36. The van der Waals surface area contributed by atoms with Gasteiger partial charge >= 0.3 is 0 Å². The van der Waals surface area contributed by atoms with Crippen LogP contribution in [-0.2, 0) is 5.41 Å². The van der Waals surface area contributed by atoms with Crippen LogP contribution in [0.15, 0.2) is 72.9 Å². The number of aromatic nitrogens is 1. The zero-order valence-corrected chi connectivity index (χ0v) is 14.9. The van der Waals surface area contributed by atoms with E-state index in [1.165, 1.54) is 0 Å². The fourth-order valence-corrected chi connectivity index (χ4v) is 4.05. The quantitative estimate of drug-likeness (QED) is 0.545. The molecular formula is C23H19NO3. The summed E-state index contributed by atoms with van der Waals surface area (Å²) in [6, 6.07) is 21.7. The Hall–Kier alpha value is -3.40. The molecule has 1 aliphatic rings. The number of fused-ring (bicyclic) bond motifs is 2. The lowest BCUT2D eigenvalue weighted by Gasteiger charge is -2.32. The maximum Gasteiger partial charge on any atom is 0.231 e. The van der Waals surface area contributed by atoms with Crippen molar-refractivity contribution in [3.63, 3.8) is 0 Å². The monoisotopic (exact) mass is 357 g/mol. The van der Waals surface area contributed by atoms with E-state index >= 15 is 0 Å². The first-order chi connectivity index (χ1) is 13.2. The molecule has 5 rings (SSSR count). The fraction of sp³-hybridized carbons (Fsp3) is 0.130. The Labute approximate surface area is 157 Å².